The smallest absolute Gasteiger partial charge is 0.253 e. The fraction of sp³-hybridized carbons (Fsp3) is 0.208. The number of nitrogens with one attached hydrogen (secondary N) is 1. The van der Waals surface area contributed by atoms with Gasteiger partial charge in [0.15, 0.2) is 0 Å². The molecule has 1 aliphatic rings. The van der Waals surface area contributed by atoms with Crippen LogP contribution in [0.4, 0.5) is 0 Å². The summed E-state index contributed by atoms with van der Waals surface area (Å²) in [6.45, 7) is 4.50. The normalized spacial score (nSPS) is 15.5. The highest BCUT2D eigenvalue weighted by Gasteiger charge is 2.19. The van der Waals surface area contributed by atoms with E-state index in [9.17, 15) is 9.59 Å². The fourth-order valence-electron chi connectivity index (χ4n) is 3.52. The highest BCUT2D eigenvalue weighted by molar-refractivity contribution is 5.98. The van der Waals surface area contributed by atoms with E-state index >= 15 is 0 Å². The van der Waals surface area contributed by atoms with Crippen molar-refractivity contribution in [2.24, 2.45) is 10.9 Å². The first-order valence-electron chi connectivity index (χ1n) is 9.50. The van der Waals surface area contributed by atoms with E-state index in [4.69, 9.17) is 0 Å². The number of nitrogens with zero attached hydrogens (tertiary/aromatic N) is 1. The molecule has 1 unspecified atom stereocenters. The van der Waals surface area contributed by atoms with Gasteiger partial charge in [-0.2, -0.15) is 0 Å². The topological polar surface area (TPSA) is 58.5 Å². The van der Waals surface area contributed by atoms with Crippen molar-refractivity contribution in [1.82, 2.24) is 5.32 Å². The second kappa shape index (κ2) is 7.39. The predicted octanol–water partition coefficient (Wildman–Crippen LogP) is 2.83. The molecule has 4 nitrogen and oxygen atoms in total. The van der Waals surface area contributed by atoms with Gasteiger partial charge in [0.2, 0.25) is 0 Å². The van der Waals surface area contributed by atoms with Crippen molar-refractivity contribution in [3.8, 4) is 0 Å². The average molecular weight is 370 g/mol. The van der Waals surface area contributed by atoms with Crippen molar-refractivity contribution < 1.29 is 9.59 Å². The van der Waals surface area contributed by atoms with Crippen LogP contribution >= 0.6 is 0 Å². The van der Waals surface area contributed by atoms with Crippen LogP contribution in [0.5, 0.6) is 0 Å². The molecule has 140 valence electrons. The Morgan fingerprint density at radius 3 is 2.57 bits per heavy atom. The SMILES string of the molecule is Cc1cc2c(cc1C)=NC(=O)C(CCNC(=O)c1ccc3ccccc3c1)C=2. The van der Waals surface area contributed by atoms with E-state index in [1.54, 1.807) is 0 Å². The number of carbonyl (C=O) groups excluding carboxylic acids is 2. The maximum atomic E-state index is 12.5. The number of hydrogen-bond donors (Lipinski definition) is 1. The zero-order valence-corrected chi connectivity index (χ0v) is 16.0. The molecule has 28 heavy (non-hydrogen) atoms. The summed E-state index contributed by atoms with van der Waals surface area (Å²) >= 11 is 0. The minimum atomic E-state index is -0.300. The van der Waals surface area contributed by atoms with Crippen LogP contribution in [0.2, 0.25) is 0 Å². The minimum absolute atomic E-state index is 0.127. The van der Waals surface area contributed by atoms with E-state index in [2.05, 4.69) is 23.3 Å². The number of hydrogen-bond acceptors (Lipinski definition) is 2. The average Bonchev–Trinajstić information content (AvgIpc) is 2.69. The molecule has 2 amide bonds. The van der Waals surface area contributed by atoms with E-state index < -0.39 is 0 Å². The van der Waals surface area contributed by atoms with Gasteiger partial charge in [-0.25, -0.2) is 4.99 Å². The first kappa shape index (κ1) is 18.1. The Morgan fingerprint density at radius 1 is 1.00 bits per heavy atom. The van der Waals surface area contributed by atoms with Gasteiger partial charge in [-0.3, -0.25) is 9.59 Å². The Balaban J connectivity index is 1.44. The molecule has 4 rings (SSSR count). The number of rotatable bonds is 4. The molecular weight excluding hydrogens is 348 g/mol. The van der Waals surface area contributed by atoms with Crippen LogP contribution in [-0.4, -0.2) is 18.4 Å². The van der Waals surface area contributed by atoms with Crippen molar-refractivity contribution in [3.05, 3.63) is 81.9 Å². The molecule has 1 N–H and O–H groups in total. The number of benzene rings is 3. The molecule has 0 radical (unpaired) electrons. The second-order valence-corrected chi connectivity index (χ2v) is 7.32. The van der Waals surface area contributed by atoms with Gasteiger partial charge < -0.3 is 5.32 Å². The highest BCUT2D eigenvalue weighted by atomic mass is 16.2. The second-order valence-electron chi connectivity index (χ2n) is 7.32. The summed E-state index contributed by atoms with van der Waals surface area (Å²) in [5, 5.41) is 6.80. The third-order valence-corrected chi connectivity index (χ3v) is 5.32. The maximum absolute atomic E-state index is 12.5. The van der Waals surface area contributed by atoms with E-state index in [1.807, 2.05) is 61.5 Å². The summed E-state index contributed by atoms with van der Waals surface area (Å²) in [7, 11) is 0. The molecule has 0 aliphatic carbocycles. The summed E-state index contributed by atoms with van der Waals surface area (Å²) in [5.74, 6) is -0.569. The number of amides is 2. The van der Waals surface area contributed by atoms with Gasteiger partial charge in [0.05, 0.1) is 11.3 Å². The van der Waals surface area contributed by atoms with Crippen LogP contribution in [0, 0.1) is 19.8 Å². The Bertz CT molecular complexity index is 1210. The van der Waals surface area contributed by atoms with Crippen LogP contribution in [0.3, 0.4) is 0 Å². The van der Waals surface area contributed by atoms with Gasteiger partial charge in [-0.05, 0) is 71.7 Å². The molecule has 4 heteroatoms. The van der Waals surface area contributed by atoms with Gasteiger partial charge >= 0.3 is 0 Å². The fourth-order valence-corrected chi connectivity index (χ4v) is 3.52. The molecule has 0 saturated carbocycles. The lowest BCUT2D eigenvalue weighted by Gasteiger charge is -2.14. The number of carbonyl (C=O) groups is 2. The van der Waals surface area contributed by atoms with Crippen LogP contribution < -0.4 is 15.9 Å². The lowest BCUT2D eigenvalue weighted by molar-refractivity contribution is -0.120. The lowest BCUT2D eigenvalue weighted by atomic mass is 9.98. The van der Waals surface area contributed by atoms with Crippen LogP contribution in [0.1, 0.15) is 27.9 Å². The van der Waals surface area contributed by atoms with E-state index in [1.165, 1.54) is 5.56 Å². The summed E-state index contributed by atoms with van der Waals surface area (Å²) < 4.78 is 0. The standard InChI is InChI=1S/C24H22N2O2/c1-15-11-21-14-20(24(28)26-22(21)12-16(15)2)9-10-25-23(27)19-8-7-17-5-3-4-6-18(17)13-19/h3-8,11-14,20H,9-10H2,1-2H3,(H,25,27). The molecule has 0 aromatic heterocycles. The number of fused-ring (bicyclic) bond motifs is 2. The minimum Gasteiger partial charge on any atom is -0.352 e. The van der Waals surface area contributed by atoms with Crippen molar-refractivity contribution >= 4 is 28.7 Å². The molecule has 1 aliphatic heterocycles. The van der Waals surface area contributed by atoms with Crippen molar-refractivity contribution in [1.29, 1.82) is 0 Å². The van der Waals surface area contributed by atoms with E-state index in [0.717, 1.165) is 26.9 Å². The first-order valence-corrected chi connectivity index (χ1v) is 9.50. The zero-order chi connectivity index (χ0) is 19.7. The molecular formula is C24H22N2O2. The van der Waals surface area contributed by atoms with Gasteiger partial charge in [0.1, 0.15) is 0 Å². The van der Waals surface area contributed by atoms with Crippen LogP contribution in [0.15, 0.2) is 59.6 Å². The monoisotopic (exact) mass is 370 g/mol. The zero-order valence-electron chi connectivity index (χ0n) is 16.0. The highest BCUT2D eigenvalue weighted by Crippen LogP contribution is 2.16. The summed E-state index contributed by atoms with van der Waals surface area (Å²) in [6.07, 6.45) is 2.51. The lowest BCUT2D eigenvalue weighted by Crippen LogP contribution is -2.36. The molecule has 0 fully saturated rings. The van der Waals surface area contributed by atoms with Crippen molar-refractivity contribution in [2.75, 3.05) is 6.54 Å². The van der Waals surface area contributed by atoms with Crippen molar-refractivity contribution in [2.45, 2.75) is 20.3 Å². The Kier molecular flexibility index (Phi) is 4.78. The van der Waals surface area contributed by atoms with Gasteiger partial charge in [-0.15, -0.1) is 0 Å². The van der Waals surface area contributed by atoms with E-state index in [-0.39, 0.29) is 17.7 Å². The summed E-state index contributed by atoms with van der Waals surface area (Å²) in [5.41, 5.74) is 2.94. The molecule has 0 bridgehead atoms. The largest absolute Gasteiger partial charge is 0.352 e. The molecule has 1 heterocycles. The first-order chi connectivity index (χ1) is 13.5. The Morgan fingerprint density at radius 2 is 1.75 bits per heavy atom. The Hall–Kier alpha value is -3.27. The van der Waals surface area contributed by atoms with Gasteiger partial charge in [-0.1, -0.05) is 36.4 Å². The molecule has 0 spiro atoms. The third-order valence-electron chi connectivity index (χ3n) is 5.32. The predicted molar refractivity (Wildman–Crippen MR) is 111 cm³/mol. The third kappa shape index (κ3) is 3.58. The number of aryl methyl sites for hydroxylation is 2. The quantitative estimate of drug-likeness (QED) is 0.768. The Labute approximate surface area is 163 Å². The molecule has 3 aromatic rings. The molecule has 0 saturated heterocycles. The molecule has 1 atom stereocenters. The van der Waals surface area contributed by atoms with E-state index in [0.29, 0.717) is 18.5 Å². The van der Waals surface area contributed by atoms with Gasteiger partial charge in [0.25, 0.3) is 11.8 Å². The summed E-state index contributed by atoms with van der Waals surface area (Å²) in [6, 6.07) is 17.6. The summed E-state index contributed by atoms with van der Waals surface area (Å²) in [4.78, 5) is 29.0. The van der Waals surface area contributed by atoms with Crippen LogP contribution in [0.25, 0.3) is 16.8 Å². The van der Waals surface area contributed by atoms with Gasteiger partial charge in [0, 0.05) is 12.1 Å². The van der Waals surface area contributed by atoms with Crippen molar-refractivity contribution in [3.63, 3.8) is 0 Å². The van der Waals surface area contributed by atoms with Crippen LogP contribution in [-0.2, 0) is 4.79 Å². The molecule has 3 aromatic carbocycles. The maximum Gasteiger partial charge on any atom is 0.253 e.